The second kappa shape index (κ2) is 5.36. The minimum atomic E-state index is 0.0283. The van der Waals surface area contributed by atoms with Gasteiger partial charge in [-0.3, -0.25) is 9.48 Å². The fourth-order valence-electron chi connectivity index (χ4n) is 1.86. The molecular formula is C14H15ClN2O. The molecule has 0 radical (unpaired) electrons. The Kier molecular flexibility index (Phi) is 3.82. The van der Waals surface area contributed by atoms with Crippen LogP contribution in [0.4, 0.5) is 0 Å². The van der Waals surface area contributed by atoms with E-state index >= 15 is 0 Å². The third kappa shape index (κ3) is 2.79. The summed E-state index contributed by atoms with van der Waals surface area (Å²) in [5.41, 5.74) is 2.87. The highest BCUT2D eigenvalue weighted by molar-refractivity contribution is 6.33. The van der Waals surface area contributed by atoms with Crippen molar-refractivity contribution in [3.63, 3.8) is 0 Å². The molecule has 0 N–H and O–H groups in total. The zero-order chi connectivity index (χ0) is 13.1. The Bertz CT molecular complexity index is 538. The molecule has 18 heavy (non-hydrogen) atoms. The summed E-state index contributed by atoms with van der Waals surface area (Å²) >= 11 is 5.94. The maximum absolute atomic E-state index is 12.0. The monoisotopic (exact) mass is 262 g/mol. The molecular weight excluding hydrogens is 248 g/mol. The smallest absolute Gasteiger partial charge is 0.182 e. The molecule has 2 rings (SSSR count). The lowest BCUT2D eigenvalue weighted by molar-refractivity contribution is 0.0974. The van der Waals surface area contributed by atoms with E-state index in [4.69, 9.17) is 11.6 Å². The van der Waals surface area contributed by atoms with Gasteiger partial charge in [0.25, 0.3) is 0 Å². The van der Waals surface area contributed by atoms with Gasteiger partial charge in [0, 0.05) is 13.5 Å². The average Bonchev–Trinajstić information content (AvgIpc) is 2.68. The van der Waals surface area contributed by atoms with Gasteiger partial charge in [-0.2, -0.15) is 5.10 Å². The van der Waals surface area contributed by atoms with Crippen LogP contribution in [0.2, 0.25) is 5.02 Å². The van der Waals surface area contributed by atoms with Crippen molar-refractivity contribution in [2.75, 3.05) is 0 Å². The van der Waals surface area contributed by atoms with E-state index in [2.05, 4.69) is 17.2 Å². The molecule has 0 aliphatic heterocycles. The third-order valence-electron chi connectivity index (χ3n) is 2.92. The fourth-order valence-corrected chi connectivity index (χ4v) is 2.13. The Labute approximate surface area is 111 Å². The number of aryl methyl sites for hydroxylation is 3. The molecule has 94 valence electrons. The third-order valence-corrected chi connectivity index (χ3v) is 3.20. The van der Waals surface area contributed by atoms with Gasteiger partial charge >= 0.3 is 0 Å². The van der Waals surface area contributed by atoms with E-state index in [1.165, 1.54) is 16.4 Å². The Hall–Kier alpha value is -1.61. The molecule has 0 aliphatic carbocycles. The van der Waals surface area contributed by atoms with E-state index in [-0.39, 0.29) is 5.78 Å². The molecule has 4 heteroatoms. The first kappa shape index (κ1) is 12.8. The SMILES string of the molecule is Cc1ccc(CCC(=O)c2c(Cl)cnn2C)cc1. The van der Waals surface area contributed by atoms with Crippen LogP contribution in [-0.4, -0.2) is 15.6 Å². The maximum atomic E-state index is 12.0. The van der Waals surface area contributed by atoms with Crippen LogP contribution in [0.3, 0.4) is 0 Å². The summed E-state index contributed by atoms with van der Waals surface area (Å²) in [6.07, 6.45) is 2.67. The van der Waals surface area contributed by atoms with E-state index < -0.39 is 0 Å². The summed E-state index contributed by atoms with van der Waals surface area (Å²) in [5, 5.41) is 4.39. The summed E-state index contributed by atoms with van der Waals surface area (Å²) in [6.45, 7) is 2.05. The molecule has 0 bridgehead atoms. The van der Waals surface area contributed by atoms with Crippen LogP contribution in [0, 0.1) is 6.92 Å². The van der Waals surface area contributed by atoms with Gasteiger partial charge in [0.1, 0.15) is 5.69 Å². The molecule has 3 nitrogen and oxygen atoms in total. The highest BCUT2D eigenvalue weighted by atomic mass is 35.5. The van der Waals surface area contributed by atoms with E-state index in [0.717, 1.165) is 12.0 Å². The van der Waals surface area contributed by atoms with Gasteiger partial charge in [-0.1, -0.05) is 41.4 Å². The number of hydrogen-bond donors (Lipinski definition) is 0. The van der Waals surface area contributed by atoms with Crippen molar-refractivity contribution < 1.29 is 4.79 Å². The van der Waals surface area contributed by atoms with Crippen molar-refractivity contribution >= 4 is 17.4 Å². The van der Waals surface area contributed by atoms with E-state index in [0.29, 0.717) is 17.1 Å². The number of halogens is 1. The van der Waals surface area contributed by atoms with Gasteiger partial charge in [0.15, 0.2) is 5.78 Å². The van der Waals surface area contributed by atoms with Gasteiger partial charge in [-0.25, -0.2) is 0 Å². The Morgan fingerprint density at radius 3 is 2.56 bits per heavy atom. The van der Waals surface area contributed by atoms with Gasteiger partial charge in [-0.05, 0) is 18.9 Å². The van der Waals surface area contributed by atoms with Crippen molar-refractivity contribution in [3.05, 3.63) is 52.3 Å². The number of ketones is 1. The van der Waals surface area contributed by atoms with Crippen LogP contribution in [0.15, 0.2) is 30.5 Å². The molecule has 0 atom stereocenters. The molecule has 0 amide bonds. The lowest BCUT2D eigenvalue weighted by atomic mass is 10.0. The number of carbonyl (C=O) groups is 1. The number of Topliss-reactive ketones (excluding diaryl/α,β-unsaturated/α-hetero) is 1. The Morgan fingerprint density at radius 2 is 2.00 bits per heavy atom. The number of nitrogens with zero attached hydrogens (tertiary/aromatic N) is 2. The van der Waals surface area contributed by atoms with Crippen molar-refractivity contribution in [1.82, 2.24) is 9.78 Å². The summed E-state index contributed by atoms with van der Waals surface area (Å²) in [6, 6.07) is 8.20. The fraction of sp³-hybridized carbons (Fsp3) is 0.286. The van der Waals surface area contributed by atoms with Crippen LogP contribution in [0.25, 0.3) is 0 Å². The molecule has 0 aliphatic rings. The largest absolute Gasteiger partial charge is 0.292 e. The van der Waals surface area contributed by atoms with Crippen LogP contribution in [0.5, 0.6) is 0 Å². The first-order chi connectivity index (χ1) is 8.58. The summed E-state index contributed by atoms with van der Waals surface area (Å²) in [5.74, 6) is 0.0283. The number of aromatic nitrogens is 2. The van der Waals surface area contributed by atoms with Crippen molar-refractivity contribution in [3.8, 4) is 0 Å². The lowest BCUT2D eigenvalue weighted by Crippen LogP contribution is -2.08. The van der Waals surface area contributed by atoms with Crippen LogP contribution in [-0.2, 0) is 13.5 Å². The van der Waals surface area contributed by atoms with Gasteiger partial charge in [0.05, 0.1) is 11.2 Å². The summed E-state index contributed by atoms with van der Waals surface area (Å²) < 4.78 is 1.53. The second-order valence-electron chi connectivity index (χ2n) is 4.37. The quantitative estimate of drug-likeness (QED) is 0.793. The molecule has 0 saturated heterocycles. The first-order valence-electron chi connectivity index (χ1n) is 5.84. The molecule has 1 aromatic carbocycles. The molecule has 1 aromatic heterocycles. The first-order valence-corrected chi connectivity index (χ1v) is 6.22. The second-order valence-corrected chi connectivity index (χ2v) is 4.78. The lowest BCUT2D eigenvalue weighted by Gasteiger charge is -2.03. The highest BCUT2D eigenvalue weighted by Crippen LogP contribution is 2.17. The zero-order valence-electron chi connectivity index (χ0n) is 10.5. The molecule has 0 saturated carbocycles. The highest BCUT2D eigenvalue weighted by Gasteiger charge is 2.15. The number of hydrogen-bond acceptors (Lipinski definition) is 2. The van der Waals surface area contributed by atoms with E-state index in [1.807, 2.05) is 19.1 Å². The van der Waals surface area contributed by atoms with Gasteiger partial charge < -0.3 is 0 Å². The molecule has 1 heterocycles. The van der Waals surface area contributed by atoms with Crippen molar-refractivity contribution in [2.45, 2.75) is 19.8 Å². The number of benzene rings is 1. The van der Waals surface area contributed by atoms with Crippen molar-refractivity contribution in [2.24, 2.45) is 7.05 Å². The van der Waals surface area contributed by atoms with Gasteiger partial charge in [0.2, 0.25) is 0 Å². The van der Waals surface area contributed by atoms with Crippen LogP contribution < -0.4 is 0 Å². The standard InChI is InChI=1S/C14H15ClN2O/c1-10-3-5-11(6-4-10)7-8-13(18)14-12(15)9-16-17(14)2/h3-6,9H,7-8H2,1-2H3. The Morgan fingerprint density at radius 1 is 1.33 bits per heavy atom. The molecule has 0 unspecified atom stereocenters. The molecule has 2 aromatic rings. The zero-order valence-corrected chi connectivity index (χ0v) is 11.2. The molecule has 0 fully saturated rings. The average molecular weight is 263 g/mol. The predicted molar refractivity (Wildman–Crippen MR) is 72.0 cm³/mol. The number of rotatable bonds is 4. The molecule has 0 spiro atoms. The maximum Gasteiger partial charge on any atom is 0.182 e. The van der Waals surface area contributed by atoms with Crippen molar-refractivity contribution in [1.29, 1.82) is 0 Å². The van der Waals surface area contributed by atoms with Crippen LogP contribution >= 0.6 is 11.6 Å². The number of carbonyl (C=O) groups excluding carboxylic acids is 1. The van der Waals surface area contributed by atoms with Crippen LogP contribution in [0.1, 0.15) is 28.0 Å². The van der Waals surface area contributed by atoms with Gasteiger partial charge in [-0.15, -0.1) is 0 Å². The van der Waals surface area contributed by atoms with E-state index in [9.17, 15) is 4.79 Å². The van der Waals surface area contributed by atoms with E-state index in [1.54, 1.807) is 7.05 Å². The summed E-state index contributed by atoms with van der Waals surface area (Å²) in [7, 11) is 1.73. The predicted octanol–water partition coefficient (Wildman–Crippen LogP) is 3.20. The Balaban J connectivity index is 2.03. The normalized spacial score (nSPS) is 10.6. The summed E-state index contributed by atoms with van der Waals surface area (Å²) in [4.78, 5) is 12.0. The minimum Gasteiger partial charge on any atom is -0.292 e. The minimum absolute atomic E-state index is 0.0283. The topological polar surface area (TPSA) is 34.9 Å².